The van der Waals surface area contributed by atoms with Crippen molar-refractivity contribution >= 4 is 13.7 Å². The minimum atomic E-state index is -4.63. The number of aliphatic hydroxyl groups is 1. The predicted octanol–water partition coefficient (Wildman–Crippen LogP) is 3.11. The van der Waals surface area contributed by atoms with E-state index < -0.39 is 27.1 Å². The van der Waals surface area contributed by atoms with Crippen molar-refractivity contribution in [2.75, 3.05) is 13.2 Å². The van der Waals surface area contributed by atoms with Crippen LogP contribution in [0.2, 0.25) is 0 Å². The third-order valence-electron chi connectivity index (χ3n) is 4.57. The van der Waals surface area contributed by atoms with Gasteiger partial charge < -0.3 is 20.2 Å². The van der Waals surface area contributed by atoms with Crippen LogP contribution in [0.1, 0.15) is 63.0 Å². The van der Waals surface area contributed by atoms with E-state index in [9.17, 15) is 14.5 Å². The highest BCUT2D eigenvalue weighted by atomic mass is 31.2. The Hall–Kier alpha value is -1.24. The zero-order valence-electron chi connectivity index (χ0n) is 16.7. The Labute approximate surface area is 167 Å². The maximum absolute atomic E-state index is 12.1. The van der Waals surface area contributed by atoms with E-state index in [0.717, 1.165) is 18.4 Å². The molecule has 1 atom stereocenters. The highest BCUT2D eigenvalue weighted by Crippen LogP contribution is 2.35. The van der Waals surface area contributed by atoms with Gasteiger partial charge >= 0.3 is 7.82 Å². The summed E-state index contributed by atoms with van der Waals surface area (Å²) in [4.78, 5) is 29.5. The molecule has 0 spiro atoms. The first-order valence-corrected chi connectivity index (χ1v) is 11.6. The number of aryl methyl sites for hydroxylation is 2. The summed E-state index contributed by atoms with van der Waals surface area (Å²) >= 11 is 0. The van der Waals surface area contributed by atoms with Gasteiger partial charge in [-0.2, -0.15) is 0 Å². The number of phosphoric ester groups is 1. The zero-order valence-corrected chi connectivity index (χ0v) is 17.6. The van der Waals surface area contributed by atoms with Gasteiger partial charge in [-0.15, -0.1) is 0 Å². The van der Waals surface area contributed by atoms with Gasteiger partial charge in [-0.1, -0.05) is 63.3 Å². The van der Waals surface area contributed by atoms with Crippen LogP contribution >= 0.6 is 7.82 Å². The van der Waals surface area contributed by atoms with Crippen LogP contribution in [0.3, 0.4) is 0 Å². The van der Waals surface area contributed by atoms with Gasteiger partial charge in [0.05, 0.1) is 19.3 Å². The monoisotopic (exact) mass is 415 g/mol. The summed E-state index contributed by atoms with van der Waals surface area (Å²) in [5.74, 6) is -0.289. The normalized spacial score (nSPS) is 12.7. The van der Waals surface area contributed by atoms with E-state index in [0.29, 0.717) is 6.42 Å². The number of carbonyl (C=O) groups excluding carboxylic acids is 1. The lowest BCUT2D eigenvalue weighted by atomic mass is 9.97. The zero-order chi connectivity index (χ0) is 20.8. The SMILES string of the molecule is CCCCCCCCc1ccccc1CCC(=O)N[C@H](CO)COP(=O)(O)O. The van der Waals surface area contributed by atoms with E-state index >= 15 is 0 Å². The number of hydrogen-bond acceptors (Lipinski definition) is 4. The van der Waals surface area contributed by atoms with Crippen LogP contribution in [-0.2, 0) is 26.7 Å². The van der Waals surface area contributed by atoms with Crippen LogP contribution in [0.25, 0.3) is 0 Å². The lowest BCUT2D eigenvalue weighted by Gasteiger charge is -2.17. The van der Waals surface area contributed by atoms with Crippen LogP contribution < -0.4 is 5.32 Å². The van der Waals surface area contributed by atoms with Gasteiger partial charge in [-0.25, -0.2) is 4.57 Å². The highest BCUT2D eigenvalue weighted by Gasteiger charge is 2.19. The number of aliphatic hydroxyl groups excluding tert-OH is 1. The average molecular weight is 415 g/mol. The number of rotatable bonds is 15. The molecular formula is C20H34NO6P. The number of nitrogens with one attached hydrogen (secondary N) is 1. The summed E-state index contributed by atoms with van der Waals surface area (Å²) in [6.07, 6.45) is 9.25. The van der Waals surface area contributed by atoms with Gasteiger partial charge in [0.1, 0.15) is 0 Å². The third kappa shape index (κ3) is 11.6. The minimum absolute atomic E-state index is 0.236. The molecule has 160 valence electrons. The summed E-state index contributed by atoms with van der Waals surface area (Å²) in [6.45, 7) is 1.31. The van der Waals surface area contributed by atoms with Gasteiger partial charge in [0.2, 0.25) is 5.91 Å². The van der Waals surface area contributed by atoms with E-state index in [-0.39, 0.29) is 12.3 Å². The number of phosphoric acid groups is 1. The Morgan fingerprint density at radius 2 is 1.68 bits per heavy atom. The summed E-state index contributed by atoms with van der Waals surface area (Å²) in [7, 11) is -4.63. The summed E-state index contributed by atoms with van der Waals surface area (Å²) in [5, 5.41) is 11.8. The van der Waals surface area contributed by atoms with E-state index in [1.54, 1.807) is 0 Å². The number of carbonyl (C=O) groups is 1. The molecule has 1 aromatic carbocycles. The molecule has 0 saturated heterocycles. The van der Waals surface area contributed by atoms with Crippen molar-refractivity contribution in [1.82, 2.24) is 5.32 Å². The second kappa shape index (κ2) is 13.9. The molecule has 1 aromatic rings. The standard InChI is InChI=1S/C20H34NO6P/c1-2-3-4-5-6-7-10-17-11-8-9-12-18(17)13-14-20(23)21-19(15-22)16-27-28(24,25)26/h8-9,11-12,19,22H,2-7,10,13-16H2,1H3,(H,21,23)(H2,24,25,26)/t19-/m1/s1. The molecule has 28 heavy (non-hydrogen) atoms. The Kier molecular flexibility index (Phi) is 12.3. The molecule has 0 unspecified atom stereocenters. The van der Waals surface area contributed by atoms with Gasteiger partial charge in [-0.3, -0.25) is 9.32 Å². The maximum Gasteiger partial charge on any atom is 0.469 e. The minimum Gasteiger partial charge on any atom is -0.394 e. The van der Waals surface area contributed by atoms with E-state index in [1.807, 2.05) is 18.2 Å². The van der Waals surface area contributed by atoms with Gasteiger partial charge in [0.25, 0.3) is 0 Å². The quantitative estimate of drug-likeness (QED) is 0.258. The molecule has 0 aliphatic heterocycles. The Balaban J connectivity index is 2.42. The molecule has 7 nitrogen and oxygen atoms in total. The Bertz CT molecular complexity index is 618. The molecule has 0 aromatic heterocycles. The fourth-order valence-corrected chi connectivity index (χ4v) is 3.39. The van der Waals surface area contributed by atoms with Crippen LogP contribution in [-0.4, -0.2) is 40.1 Å². The highest BCUT2D eigenvalue weighted by molar-refractivity contribution is 7.46. The Morgan fingerprint density at radius 1 is 1.07 bits per heavy atom. The average Bonchev–Trinajstić information content (AvgIpc) is 2.66. The van der Waals surface area contributed by atoms with E-state index in [4.69, 9.17) is 9.79 Å². The predicted molar refractivity (Wildman–Crippen MR) is 109 cm³/mol. The summed E-state index contributed by atoms with van der Waals surface area (Å²) in [6, 6.07) is 7.25. The van der Waals surface area contributed by atoms with Crippen LogP contribution in [0.5, 0.6) is 0 Å². The molecule has 1 amide bonds. The molecular weight excluding hydrogens is 381 g/mol. The fraction of sp³-hybridized carbons (Fsp3) is 0.650. The molecule has 0 fully saturated rings. The van der Waals surface area contributed by atoms with Crippen molar-refractivity contribution < 1.29 is 28.8 Å². The van der Waals surface area contributed by atoms with E-state index in [1.165, 1.54) is 37.7 Å². The topological polar surface area (TPSA) is 116 Å². The lowest BCUT2D eigenvalue weighted by molar-refractivity contribution is -0.122. The first kappa shape index (κ1) is 24.8. The Morgan fingerprint density at radius 3 is 2.29 bits per heavy atom. The van der Waals surface area contributed by atoms with Crippen molar-refractivity contribution in [3.63, 3.8) is 0 Å². The lowest BCUT2D eigenvalue weighted by Crippen LogP contribution is -2.40. The molecule has 0 aliphatic carbocycles. The molecule has 0 saturated carbocycles. The van der Waals surface area contributed by atoms with Crippen molar-refractivity contribution in [3.8, 4) is 0 Å². The molecule has 0 heterocycles. The van der Waals surface area contributed by atoms with Gasteiger partial charge in [0, 0.05) is 6.42 Å². The summed E-state index contributed by atoms with van der Waals surface area (Å²) in [5.41, 5.74) is 2.40. The number of amides is 1. The molecule has 0 aliphatic rings. The van der Waals surface area contributed by atoms with E-state index in [2.05, 4.69) is 22.8 Å². The van der Waals surface area contributed by atoms with Gasteiger partial charge in [-0.05, 0) is 30.4 Å². The second-order valence-electron chi connectivity index (χ2n) is 7.02. The summed E-state index contributed by atoms with van der Waals surface area (Å²) < 4.78 is 15.1. The maximum atomic E-state index is 12.1. The smallest absolute Gasteiger partial charge is 0.394 e. The van der Waals surface area contributed by atoms with Gasteiger partial charge in [0.15, 0.2) is 0 Å². The molecule has 4 N–H and O–H groups in total. The fourth-order valence-electron chi connectivity index (χ4n) is 3.02. The molecule has 0 bridgehead atoms. The van der Waals surface area contributed by atoms with Crippen LogP contribution in [0.4, 0.5) is 0 Å². The number of unbranched alkanes of at least 4 members (excludes halogenated alkanes) is 5. The van der Waals surface area contributed by atoms with Crippen LogP contribution in [0, 0.1) is 0 Å². The van der Waals surface area contributed by atoms with Crippen LogP contribution in [0.15, 0.2) is 24.3 Å². The number of hydrogen-bond donors (Lipinski definition) is 4. The largest absolute Gasteiger partial charge is 0.469 e. The van der Waals surface area contributed by atoms with Crippen molar-refractivity contribution in [3.05, 3.63) is 35.4 Å². The number of benzene rings is 1. The second-order valence-corrected chi connectivity index (χ2v) is 8.26. The van der Waals surface area contributed by atoms with Crippen molar-refractivity contribution in [2.24, 2.45) is 0 Å². The molecule has 8 heteroatoms. The first-order valence-electron chi connectivity index (χ1n) is 10.0. The third-order valence-corrected chi connectivity index (χ3v) is 5.05. The molecule has 1 rings (SSSR count). The van der Waals surface area contributed by atoms with Crippen molar-refractivity contribution in [2.45, 2.75) is 70.8 Å². The first-order chi connectivity index (χ1) is 13.4. The van der Waals surface area contributed by atoms with Crippen molar-refractivity contribution in [1.29, 1.82) is 0 Å². The molecule has 0 radical (unpaired) electrons.